The average Bonchev–Trinajstić information content (AvgIpc) is 3.49. The van der Waals surface area contributed by atoms with Gasteiger partial charge in [-0.1, -0.05) is 315 Å². The first-order chi connectivity index (χ1) is 41.0. The fraction of sp³-hybridized carbons (Fsp3) is 0.675. The highest BCUT2D eigenvalue weighted by Crippen LogP contribution is 2.16. The third kappa shape index (κ3) is 68.2. The molecule has 0 aliphatic heterocycles. The van der Waals surface area contributed by atoms with Crippen molar-refractivity contribution in [3.63, 3.8) is 0 Å². The van der Waals surface area contributed by atoms with E-state index in [0.717, 1.165) is 154 Å². The van der Waals surface area contributed by atoms with Crippen LogP contribution in [0.5, 0.6) is 0 Å². The summed E-state index contributed by atoms with van der Waals surface area (Å²) in [5.74, 6) is -0.904. The molecule has 0 aromatic heterocycles. The first kappa shape index (κ1) is 78.5. The predicted octanol–water partition coefficient (Wildman–Crippen LogP) is 24.1. The topological polar surface area (TPSA) is 78.9 Å². The van der Waals surface area contributed by atoms with E-state index in [9.17, 15) is 14.4 Å². The van der Waals surface area contributed by atoms with E-state index in [4.69, 9.17) is 14.2 Å². The van der Waals surface area contributed by atoms with Gasteiger partial charge in [0.2, 0.25) is 0 Å². The van der Waals surface area contributed by atoms with Gasteiger partial charge >= 0.3 is 17.9 Å². The summed E-state index contributed by atoms with van der Waals surface area (Å²) in [7, 11) is 0. The van der Waals surface area contributed by atoms with E-state index in [2.05, 4.69) is 154 Å². The van der Waals surface area contributed by atoms with Gasteiger partial charge in [-0.25, -0.2) is 0 Å². The molecule has 0 heterocycles. The molecule has 0 spiro atoms. The summed E-state index contributed by atoms with van der Waals surface area (Å²) in [5.41, 5.74) is 0. The second kappa shape index (κ2) is 70.0. The van der Waals surface area contributed by atoms with Crippen molar-refractivity contribution < 1.29 is 28.6 Å². The molecular weight excluding hydrogens is 1020 g/mol. The van der Waals surface area contributed by atoms with Crippen LogP contribution in [0.2, 0.25) is 0 Å². The van der Waals surface area contributed by atoms with Crippen LogP contribution in [-0.2, 0) is 28.6 Å². The molecule has 83 heavy (non-hydrogen) atoms. The monoisotopic (exact) mass is 1150 g/mol. The normalized spacial score (nSPS) is 13.0. The molecule has 0 saturated carbocycles. The quantitative estimate of drug-likeness (QED) is 0.0261. The van der Waals surface area contributed by atoms with Gasteiger partial charge in [0.15, 0.2) is 6.10 Å². The summed E-state index contributed by atoms with van der Waals surface area (Å²) in [6.45, 7) is 6.47. The molecule has 0 rings (SSSR count). The molecule has 6 nitrogen and oxygen atoms in total. The average molecular weight is 1150 g/mol. The summed E-state index contributed by atoms with van der Waals surface area (Å²) in [6, 6.07) is 0. The zero-order chi connectivity index (χ0) is 59.9. The van der Waals surface area contributed by atoms with Crippen molar-refractivity contribution in [1.82, 2.24) is 0 Å². The first-order valence-electron chi connectivity index (χ1n) is 34.7. The van der Waals surface area contributed by atoms with Gasteiger partial charge in [0, 0.05) is 19.3 Å². The fourth-order valence-corrected chi connectivity index (χ4v) is 9.47. The van der Waals surface area contributed by atoms with E-state index in [1.165, 1.54) is 122 Å². The minimum Gasteiger partial charge on any atom is -0.462 e. The highest BCUT2D eigenvalue weighted by molar-refractivity contribution is 5.71. The molecule has 1 unspecified atom stereocenters. The van der Waals surface area contributed by atoms with E-state index in [1.807, 2.05) is 0 Å². The molecule has 0 aliphatic carbocycles. The summed E-state index contributed by atoms with van der Waals surface area (Å²) >= 11 is 0. The van der Waals surface area contributed by atoms with Crippen LogP contribution in [0.1, 0.15) is 316 Å². The van der Waals surface area contributed by atoms with E-state index < -0.39 is 6.10 Å². The molecule has 0 fully saturated rings. The Morgan fingerprint density at radius 1 is 0.253 bits per heavy atom. The SMILES string of the molecule is CC/C=C\C/C=C\C/C=C\C/C=C\C/C=C\C/C=C\C/C=C\C/C=C\C/C=C\CCCCCCCCCC(=O)OCC(COC(=O)CCCCCCC/C=C\C/C=C\CCC)OC(=O)CCCCCCCCCCCCCCCCCCC. The van der Waals surface area contributed by atoms with Crippen LogP contribution in [0.4, 0.5) is 0 Å². The highest BCUT2D eigenvalue weighted by atomic mass is 16.6. The van der Waals surface area contributed by atoms with E-state index in [1.54, 1.807) is 0 Å². The molecule has 0 saturated heterocycles. The Hall–Kier alpha value is -4.45. The molecule has 6 heteroatoms. The minimum atomic E-state index is -0.791. The van der Waals surface area contributed by atoms with Crippen LogP contribution in [0.3, 0.4) is 0 Å². The number of hydrogen-bond donors (Lipinski definition) is 0. The van der Waals surface area contributed by atoms with Crippen LogP contribution in [0.25, 0.3) is 0 Å². The zero-order valence-electron chi connectivity index (χ0n) is 54.2. The number of allylic oxidation sites excluding steroid dienone is 22. The Balaban J connectivity index is 4.28. The Kier molecular flexibility index (Phi) is 66.3. The van der Waals surface area contributed by atoms with Crippen molar-refractivity contribution in [2.45, 2.75) is 322 Å². The summed E-state index contributed by atoms with van der Waals surface area (Å²) in [5, 5.41) is 0. The third-order valence-electron chi connectivity index (χ3n) is 14.6. The lowest BCUT2D eigenvalue weighted by Crippen LogP contribution is -2.30. The lowest BCUT2D eigenvalue weighted by molar-refractivity contribution is -0.167. The van der Waals surface area contributed by atoms with Gasteiger partial charge in [-0.15, -0.1) is 0 Å². The van der Waals surface area contributed by atoms with Crippen LogP contribution >= 0.6 is 0 Å². The predicted molar refractivity (Wildman–Crippen MR) is 362 cm³/mol. The highest BCUT2D eigenvalue weighted by Gasteiger charge is 2.19. The van der Waals surface area contributed by atoms with Crippen molar-refractivity contribution in [3.05, 3.63) is 134 Å². The Morgan fingerprint density at radius 2 is 0.494 bits per heavy atom. The first-order valence-corrected chi connectivity index (χ1v) is 34.7. The lowest BCUT2D eigenvalue weighted by atomic mass is 10.0. The third-order valence-corrected chi connectivity index (χ3v) is 14.6. The number of carbonyl (C=O) groups excluding carboxylic acids is 3. The maximum absolute atomic E-state index is 12.9. The zero-order valence-corrected chi connectivity index (χ0v) is 54.2. The second-order valence-electron chi connectivity index (χ2n) is 22.7. The molecule has 0 amide bonds. The molecule has 0 N–H and O–H groups in total. The van der Waals surface area contributed by atoms with Crippen LogP contribution in [0, 0.1) is 0 Å². The number of hydrogen-bond acceptors (Lipinski definition) is 6. The van der Waals surface area contributed by atoms with Gasteiger partial charge in [0.25, 0.3) is 0 Å². The number of esters is 3. The molecule has 472 valence electrons. The van der Waals surface area contributed by atoms with Crippen molar-refractivity contribution in [2.75, 3.05) is 13.2 Å². The number of carbonyl (C=O) groups is 3. The van der Waals surface area contributed by atoms with Crippen molar-refractivity contribution >= 4 is 17.9 Å². The minimum absolute atomic E-state index is 0.0885. The fourth-order valence-electron chi connectivity index (χ4n) is 9.47. The molecule has 0 aromatic rings. The van der Waals surface area contributed by atoms with Crippen LogP contribution in [-0.4, -0.2) is 37.2 Å². The summed E-state index contributed by atoms with van der Waals surface area (Å²) < 4.78 is 16.9. The van der Waals surface area contributed by atoms with Gasteiger partial charge in [0.05, 0.1) is 0 Å². The van der Waals surface area contributed by atoms with Crippen molar-refractivity contribution in [2.24, 2.45) is 0 Å². The molecule has 0 bridgehead atoms. The van der Waals surface area contributed by atoms with Crippen molar-refractivity contribution in [3.8, 4) is 0 Å². The Bertz CT molecular complexity index is 1750. The number of unbranched alkanes of at least 4 members (excludes halogenated alkanes) is 29. The van der Waals surface area contributed by atoms with Crippen molar-refractivity contribution in [1.29, 1.82) is 0 Å². The Morgan fingerprint density at radius 3 is 0.783 bits per heavy atom. The molecule has 0 aliphatic rings. The largest absolute Gasteiger partial charge is 0.462 e. The summed E-state index contributed by atoms with van der Waals surface area (Å²) in [6.07, 6.45) is 99.0. The van der Waals surface area contributed by atoms with Gasteiger partial charge in [-0.2, -0.15) is 0 Å². The molecule has 0 aromatic carbocycles. The maximum atomic E-state index is 12.9. The second-order valence-corrected chi connectivity index (χ2v) is 22.7. The molecule has 0 radical (unpaired) electrons. The standard InChI is InChI=1S/C77H128O6/c1-4-7-10-13-16-19-22-25-27-29-30-31-32-33-34-35-36-37-38-39-40-41-42-43-44-45-46-48-49-52-55-58-61-64-67-70-76(79)82-73-74(72-81-75(78)69-66-63-60-57-54-51-24-21-18-15-12-9-6-3)83-77(80)71-68-65-62-59-56-53-50-47-28-26-23-20-17-14-11-8-5-2/h7,10,12,15-16,19,21,24-25,27,30-31,33-34,36-37,39-40,42-43,45-46,74H,4-6,8-9,11,13-14,17-18,20,22-23,26,28-29,32,35,38,41,44,47-73H2,1-3H3/b10-7-,15-12-,19-16-,24-21-,27-25-,31-30-,34-33-,37-36-,40-39-,43-42-,46-45-. The lowest BCUT2D eigenvalue weighted by Gasteiger charge is -2.18. The van der Waals surface area contributed by atoms with E-state index in [0.29, 0.717) is 19.3 Å². The molecule has 1 atom stereocenters. The maximum Gasteiger partial charge on any atom is 0.306 e. The van der Waals surface area contributed by atoms with Crippen LogP contribution < -0.4 is 0 Å². The van der Waals surface area contributed by atoms with E-state index in [-0.39, 0.29) is 31.1 Å². The van der Waals surface area contributed by atoms with Gasteiger partial charge in [-0.05, 0) is 116 Å². The van der Waals surface area contributed by atoms with Gasteiger partial charge in [-0.3, -0.25) is 14.4 Å². The number of ether oxygens (including phenoxy) is 3. The van der Waals surface area contributed by atoms with Gasteiger partial charge in [0.1, 0.15) is 13.2 Å². The van der Waals surface area contributed by atoms with E-state index >= 15 is 0 Å². The van der Waals surface area contributed by atoms with Crippen LogP contribution in [0.15, 0.2) is 134 Å². The van der Waals surface area contributed by atoms with Gasteiger partial charge < -0.3 is 14.2 Å². The number of rotatable bonds is 62. The Labute approximate surface area is 513 Å². The summed E-state index contributed by atoms with van der Waals surface area (Å²) in [4.78, 5) is 38.4. The smallest absolute Gasteiger partial charge is 0.306 e. The molecular formula is C77H128O6.